The average Bonchev–Trinajstić information content (AvgIpc) is 3.26. The number of piperidine rings is 1. The van der Waals surface area contributed by atoms with Gasteiger partial charge in [-0.1, -0.05) is 37.3 Å². The zero-order chi connectivity index (χ0) is 18.1. The molecule has 3 rings (SSSR count). The van der Waals surface area contributed by atoms with E-state index in [4.69, 9.17) is 9.47 Å². The van der Waals surface area contributed by atoms with Gasteiger partial charge >= 0.3 is 0 Å². The van der Waals surface area contributed by atoms with Crippen LogP contribution in [-0.2, 0) is 16.1 Å². The van der Waals surface area contributed by atoms with E-state index in [2.05, 4.69) is 38.2 Å². The topological polar surface area (TPSA) is 30.5 Å². The van der Waals surface area contributed by atoms with E-state index in [0.29, 0.717) is 17.9 Å². The largest absolute Gasteiger partial charge is 0.346 e. The Balaban J connectivity index is 1.56. The van der Waals surface area contributed by atoms with Gasteiger partial charge in [0.25, 0.3) is 0 Å². The third kappa shape index (κ3) is 4.45. The fourth-order valence-electron chi connectivity index (χ4n) is 4.66. The fourth-order valence-corrected chi connectivity index (χ4v) is 4.66. The SMILES string of the molecule is CC(C1CC12CCNCC2)C(C)(C)OC(C)(C)OCc1ccccc1. The Morgan fingerprint density at radius 2 is 1.76 bits per heavy atom. The average molecular weight is 346 g/mol. The minimum absolute atomic E-state index is 0.195. The minimum atomic E-state index is -0.593. The first kappa shape index (κ1) is 18.9. The summed E-state index contributed by atoms with van der Waals surface area (Å²) in [6.07, 6.45) is 4.02. The Labute approximate surface area is 153 Å². The van der Waals surface area contributed by atoms with E-state index in [1.165, 1.54) is 37.9 Å². The second-order valence-electron chi connectivity index (χ2n) is 9.09. The molecule has 3 nitrogen and oxygen atoms in total. The first-order chi connectivity index (χ1) is 11.7. The Morgan fingerprint density at radius 3 is 2.40 bits per heavy atom. The molecule has 2 unspecified atom stereocenters. The van der Waals surface area contributed by atoms with Gasteiger partial charge in [-0.15, -0.1) is 0 Å². The lowest BCUT2D eigenvalue weighted by atomic mass is 9.81. The monoisotopic (exact) mass is 345 g/mol. The Bertz CT molecular complexity index is 561. The van der Waals surface area contributed by atoms with Crippen LogP contribution < -0.4 is 5.32 Å². The number of ether oxygens (including phenoxy) is 2. The second-order valence-corrected chi connectivity index (χ2v) is 9.09. The van der Waals surface area contributed by atoms with Crippen molar-refractivity contribution in [1.82, 2.24) is 5.32 Å². The van der Waals surface area contributed by atoms with Crippen LogP contribution in [0, 0.1) is 17.3 Å². The summed E-state index contributed by atoms with van der Waals surface area (Å²) in [6.45, 7) is 13.9. The van der Waals surface area contributed by atoms with Gasteiger partial charge in [-0.3, -0.25) is 0 Å². The van der Waals surface area contributed by atoms with Crippen LogP contribution in [0.4, 0.5) is 0 Å². The van der Waals surface area contributed by atoms with E-state index >= 15 is 0 Å². The van der Waals surface area contributed by atoms with Gasteiger partial charge in [-0.05, 0) is 82.9 Å². The van der Waals surface area contributed by atoms with Gasteiger partial charge in [0.05, 0.1) is 12.2 Å². The molecule has 0 radical (unpaired) electrons. The molecule has 3 heteroatoms. The number of hydrogen-bond donors (Lipinski definition) is 1. The maximum absolute atomic E-state index is 6.51. The van der Waals surface area contributed by atoms with Crippen molar-refractivity contribution in [2.75, 3.05) is 13.1 Å². The molecule has 1 aliphatic heterocycles. The zero-order valence-electron chi connectivity index (χ0n) is 16.6. The van der Waals surface area contributed by atoms with Crippen LogP contribution in [0.15, 0.2) is 30.3 Å². The molecule has 140 valence electrons. The fraction of sp³-hybridized carbons (Fsp3) is 0.727. The summed E-state index contributed by atoms with van der Waals surface area (Å²) in [5.74, 6) is 0.726. The van der Waals surface area contributed by atoms with Crippen LogP contribution in [-0.4, -0.2) is 24.5 Å². The van der Waals surface area contributed by atoms with E-state index in [0.717, 1.165) is 5.92 Å². The first-order valence-electron chi connectivity index (χ1n) is 9.83. The molecule has 0 amide bonds. The lowest BCUT2D eigenvalue weighted by molar-refractivity contribution is -0.279. The minimum Gasteiger partial charge on any atom is -0.346 e. The maximum atomic E-state index is 6.51. The highest BCUT2D eigenvalue weighted by Crippen LogP contribution is 2.63. The van der Waals surface area contributed by atoms with Gasteiger partial charge in [0.1, 0.15) is 0 Å². The number of hydrogen-bond acceptors (Lipinski definition) is 3. The molecular weight excluding hydrogens is 310 g/mol. The van der Waals surface area contributed by atoms with Gasteiger partial charge in [0.2, 0.25) is 0 Å². The molecule has 1 N–H and O–H groups in total. The molecule has 2 aliphatic rings. The number of rotatable bonds is 7. The molecule has 2 atom stereocenters. The van der Waals surface area contributed by atoms with Crippen LogP contribution in [0.2, 0.25) is 0 Å². The molecular formula is C22H35NO2. The number of nitrogens with one attached hydrogen (secondary N) is 1. The summed E-state index contributed by atoms with van der Waals surface area (Å²) in [5.41, 5.74) is 1.57. The highest BCUT2D eigenvalue weighted by molar-refractivity contribution is 5.13. The molecule has 0 aromatic heterocycles. The third-order valence-corrected chi connectivity index (χ3v) is 6.49. The molecule has 1 aromatic carbocycles. The third-order valence-electron chi connectivity index (χ3n) is 6.49. The van der Waals surface area contributed by atoms with Gasteiger partial charge < -0.3 is 14.8 Å². The van der Waals surface area contributed by atoms with Gasteiger partial charge in [0.15, 0.2) is 5.79 Å². The van der Waals surface area contributed by atoms with E-state index in [1.807, 2.05) is 32.0 Å². The van der Waals surface area contributed by atoms with Crippen LogP contribution in [0.5, 0.6) is 0 Å². The van der Waals surface area contributed by atoms with Crippen molar-refractivity contribution >= 4 is 0 Å². The zero-order valence-corrected chi connectivity index (χ0v) is 16.6. The maximum Gasteiger partial charge on any atom is 0.163 e. The Hall–Kier alpha value is -0.900. The van der Waals surface area contributed by atoms with Crippen molar-refractivity contribution < 1.29 is 9.47 Å². The van der Waals surface area contributed by atoms with Gasteiger partial charge in [-0.2, -0.15) is 0 Å². The first-order valence-corrected chi connectivity index (χ1v) is 9.83. The van der Waals surface area contributed by atoms with E-state index < -0.39 is 5.79 Å². The molecule has 1 spiro atoms. The van der Waals surface area contributed by atoms with E-state index in [1.54, 1.807) is 0 Å². The summed E-state index contributed by atoms with van der Waals surface area (Å²) in [5, 5.41) is 3.50. The van der Waals surface area contributed by atoms with Gasteiger partial charge in [0, 0.05) is 0 Å². The number of benzene rings is 1. The standard InChI is InChI=1S/C22H35NO2/c1-17(19-15-22(19)11-13-23-14-12-22)20(2,3)25-21(4,5)24-16-18-9-7-6-8-10-18/h6-10,17,19,23H,11-16H2,1-5H3. The summed E-state index contributed by atoms with van der Waals surface area (Å²) < 4.78 is 12.6. The van der Waals surface area contributed by atoms with Crippen molar-refractivity contribution in [3.8, 4) is 0 Å². The van der Waals surface area contributed by atoms with Crippen LogP contribution >= 0.6 is 0 Å². The van der Waals surface area contributed by atoms with Crippen molar-refractivity contribution in [2.45, 2.75) is 71.9 Å². The summed E-state index contributed by atoms with van der Waals surface area (Å²) >= 11 is 0. The summed E-state index contributed by atoms with van der Waals surface area (Å²) in [7, 11) is 0. The van der Waals surface area contributed by atoms with Crippen molar-refractivity contribution in [3.05, 3.63) is 35.9 Å². The van der Waals surface area contributed by atoms with E-state index in [9.17, 15) is 0 Å². The van der Waals surface area contributed by atoms with Gasteiger partial charge in [-0.25, -0.2) is 0 Å². The van der Waals surface area contributed by atoms with Crippen molar-refractivity contribution in [2.24, 2.45) is 17.3 Å². The highest BCUT2D eigenvalue weighted by atomic mass is 16.7. The molecule has 1 saturated carbocycles. The smallest absolute Gasteiger partial charge is 0.163 e. The van der Waals surface area contributed by atoms with Crippen molar-refractivity contribution in [3.63, 3.8) is 0 Å². The molecule has 1 aromatic rings. The van der Waals surface area contributed by atoms with E-state index in [-0.39, 0.29) is 5.60 Å². The quantitative estimate of drug-likeness (QED) is 0.723. The second kappa shape index (κ2) is 7.02. The highest BCUT2D eigenvalue weighted by Gasteiger charge is 2.58. The molecule has 0 bridgehead atoms. The molecule has 2 fully saturated rings. The molecule has 1 saturated heterocycles. The molecule has 1 aliphatic carbocycles. The normalized spacial score (nSPS) is 24.3. The Morgan fingerprint density at radius 1 is 1.12 bits per heavy atom. The molecule has 25 heavy (non-hydrogen) atoms. The molecule has 1 heterocycles. The predicted molar refractivity (Wildman–Crippen MR) is 102 cm³/mol. The summed E-state index contributed by atoms with van der Waals surface area (Å²) in [4.78, 5) is 0. The van der Waals surface area contributed by atoms with Crippen molar-refractivity contribution in [1.29, 1.82) is 0 Å². The Kier molecular flexibility index (Phi) is 5.30. The lowest BCUT2D eigenvalue weighted by Crippen LogP contribution is -2.44. The predicted octanol–water partition coefficient (Wildman–Crippen LogP) is 4.76. The van der Waals surface area contributed by atoms with Crippen LogP contribution in [0.25, 0.3) is 0 Å². The summed E-state index contributed by atoms with van der Waals surface area (Å²) in [6, 6.07) is 10.3. The van der Waals surface area contributed by atoms with Crippen LogP contribution in [0.3, 0.4) is 0 Å². The lowest BCUT2D eigenvalue weighted by Gasteiger charge is -2.41. The van der Waals surface area contributed by atoms with Crippen LogP contribution in [0.1, 0.15) is 59.4 Å².